The van der Waals surface area contributed by atoms with Gasteiger partial charge in [0, 0.05) is 12.8 Å². The van der Waals surface area contributed by atoms with Gasteiger partial charge in [-0.05, 0) is 30.7 Å². The van der Waals surface area contributed by atoms with Crippen molar-refractivity contribution in [2.24, 2.45) is 5.73 Å². The van der Waals surface area contributed by atoms with Crippen LogP contribution in [0.15, 0.2) is 53.4 Å². The second kappa shape index (κ2) is 6.28. The fourth-order valence-corrected chi connectivity index (χ4v) is 2.63. The second-order valence-corrected chi connectivity index (χ2v) is 7.02. The van der Waals surface area contributed by atoms with Gasteiger partial charge >= 0.3 is 0 Å². The van der Waals surface area contributed by atoms with E-state index in [1.54, 1.807) is 18.2 Å². The average Bonchev–Trinajstić information content (AvgIpc) is 2.45. The molecule has 0 heterocycles. The van der Waals surface area contributed by atoms with Crippen LogP contribution >= 0.6 is 0 Å². The quantitative estimate of drug-likeness (QED) is 0.921. The number of rotatable bonds is 5. The lowest BCUT2D eigenvalue weighted by atomic mass is 10.1. The molecule has 0 aromatic heterocycles. The number of hydrogen-bond acceptors (Lipinski definition) is 4. The van der Waals surface area contributed by atoms with Crippen LogP contribution < -0.4 is 10.5 Å². The highest BCUT2D eigenvalue weighted by Crippen LogP contribution is 2.24. The van der Waals surface area contributed by atoms with Crippen LogP contribution in [0.4, 0.5) is 0 Å². The molecule has 0 aliphatic heterocycles. The van der Waals surface area contributed by atoms with Gasteiger partial charge in [0.1, 0.15) is 11.9 Å². The van der Waals surface area contributed by atoms with Gasteiger partial charge in [-0.2, -0.15) is 0 Å². The first-order valence-electron chi connectivity index (χ1n) is 6.63. The van der Waals surface area contributed by atoms with Crippen molar-refractivity contribution in [3.63, 3.8) is 0 Å². The van der Waals surface area contributed by atoms with Gasteiger partial charge in [-0.3, -0.25) is 0 Å². The summed E-state index contributed by atoms with van der Waals surface area (Å²) >= 11 is 0. The Labute approximate surface area is 125 Å². The van der Waals surface area contributed by atoms with E-state index in [1.807, 2.05) is 31.2 Å². The number of ether oxygens (including phenoxy) is 1. The maximum atomic E-state index is 11.6. The van der Waals surface area contributed by atoms with Crippen molar-refractivity contribution in [3.05, 3.63) is 59.7 Å². The molecule has 2 aromatic carbocycles. The van der Waals surface area contributed by atoms with E-state index in [0.29, 0.717) is 12.3 Å². The molecule has 0 radical (unpaired) electrons. The van der Waals surface area contributed by atoms with Crippen LogP contribution in [0.2, 0.25) is 0 Å². The highest BCUT2D eigenvalue weighted by Gasteiger charge is 2.13. The van der Waals surface area contributed by atoms with Gasteiger partial charge in [0.15, 0.2) is 9.84 Å². The van der Waals surface area contributed by atoms with Crippen molar-refractivity contribution in [2.75, 3.05) is 12.8 Å². The Bertz CT molecular complexity index is 709. The fourth-order valence-electron chi connectivity index (χ4n) is 1.98. The number of aryl methyl sites for hydroxylation is 1. The molecule has 2 N–H and O–H groups in total. The molecule has 0 saturated heterocycles. The minimum Gasteiger partial charge on any atom is -0.484 e. The molecule has 1 unspecified atom stereocenters. The summed E-state index contributed by atoms with van der Waals surface area (Å²) in [6.07, 6.45) is 0.868. The molecule has 0 aliphatic rings. The number of sulfone groups is 1. The summed E-state index contributed by atoms with van der Waals surface area (Å²) in [6, 6.07) is 14.4. The number of nitrogens with two attached hydrogens (primary N) is 1. The van der Waals surface area contributed by atoms with Gasteiger partial charge in [-0.1, -0.05) is 35.9 Å². The predicted molar refractivity (Wildman–Crippen MR) is 83.2 cm³/mol. The minimum atomic E-state index is -3.25. The molecule has 0 fully saturated rings. The molecule has 0 aliphatic carbocycles. The van der Waals surface area contributed by atoms with E-state index in [1.165, 1.54) is 12.3 Å². The van der Waals surface area contributed by atoms with E-state index in [0.717, 1.165) is 11.1 Å². The van der Waals surface area contributed by atoms with Crippen molar-refractivity contribution >= 4 is 9.84 Å². The number of hydrogen-bond donors (Lipinski definition) is 1. The first-order valence-corrected chi connectivity index (χ1v) is 8.52. The summed E-state index contributed by atoms with van der Waals surface area (Å²) in [6.45, 7) is 2.32. The van der Waals surface area contributed by atoms with E-state index >= 15 is 0 Å². The van der Waals surface area contributed by atoms with Gasteiger partial charge < -0.3 is 10.5 Å². The van der Waals surface area contributed by atoms with Crippen molar-refractivity contribution < 1.29 is 13.2 Å². The normalized spacial score (nSPS) is 12.9. The molecule has 4 nitrogen and oxygen atoms in total. The van der Waals surface area contributed by atoms with Crippen LogP contribution in [-0.4, -0.2) is 21.2 Å². The third-order valence-electron chi connectivity index (χ3n) is 3.18. The third-order valence-corrected chi connectivity index (χ3v) is 4.29. The highest BCUT2D eigenvalue weighted by atomic mass is 32.2. The van der Waals surface area contributed by atoms with E-state index in [2.05, 4.69) is 0 Å². The molecule has 5 heteroatoms. The molecule has 0 saturated carbocycles. The Kier molecular flexibility index (Phi) is 4.65. The lowest BCUT2D eigenvalue weighted by molar-refractivity contribution is 0.213. The van der Waals surface area contributed by atoms with Crippen molar-refractivity contribution in [3.8, 4) is 5.75 Å². The summed E-state index contributed by atoms with van der Waals surface area (Å²) in [5.41, 5.74) is 7.90. The molecule has 2 aromatic rings. The first kappa shape index (κ1) is 15.5. The Morgan fingerprint density at radius 2 is 1.81 bits per heavy atom. The Hall–Kier alpha value is -1.85. The van der Waals surface area contributed by atoms with E-state index in [4.69, 9.17) is 10.5 Å². The SMILES string of the molecule is Cc1ccc(C(CN)Oc2cccc(S(C)(=O)=O)c2)cc1. The predicted octanol–water partition coefficient (Wildman–Crippen LogP) is 2.48. The van der Waals surface area contributed by atoms with Crippen molar-refractivity contribution in [2.45, 2.75) is 17.9 Å². The Morgan fingerprint density at radius 3 is 2.38 bits per heavy atom. The molecule has 0 amide bonds. The smallest absolute Gasteiger partial charge is 0.175 e. The maximum absolute atomic E-state index is 11.6. The van der Waals surface area contributed by atoms with Gasteiger partial charge in [-0.15, -0.1) is 0 Å². The zero-order valence-corrected chi connectivity index (χ0v) is 12.9. The van der Waals surface area contributed by atoms with Crippen molar-refractivity contribution in [1.29, 1.82) is 0 Å². The maximum Gasteiger partial charge on any atom is 0.175 e. The summed E-state index contributed by atoms with van der Waals surface area (Å²) in [5.74, 6) is 0.494. The topological polar surface area (TPSA) is 69.4 Å². The molecule has 112 valence electrons. The van der Waals surface area contributed by atoms with Gasteiger partial charge in [-0.25, -0.2) is 8.42 Å². The summed E-state index contributed by atoms with van der Waals surface area (Å²) in [4.78, 5) is 0.236. The summed E-state index contributed by atoms with van der Waals surface area (Å²) in [5, 5.41) is 0. The van der Waals surface area contributed by atoms with Crippen LogP contribution in [0.5, 0.6) is 5.75 Å². The average molecular weight is 305 g/mol. The molecule has 21 heavy (non-hydrogen) atoms. The summed E-state index contributed by atoms with van der Waals surface area (Å²) in [7, 11) is -3.25. The second-order valence-electron chi connectivity index (χ2n) is 5.00. The van der Waals surface area contributed by atoms with Gasteiger partial charge in [0.05, 0.1) is 4.90 Å². The summed E-state index contributed by atoms with van der Waals surface area (Å²) < 4.78 is 29.0. The molecule has 0 bridgehead atoms. The molecule has 0 spiro atoms. The van der Waals surface area contributed by atoms with Crippen LogP contribution in [0.25, 0.3) is 0 Å². The van der Waals surface area contributed by atoms with Crippen LogP contribution in [0, 0.1) is 6.92 Å². The first-order chi connectivity index (χ1) is 9.90. The van der Waals surface area contributed by atoms with Crippen LogP contribution in [0.1, 0.15) is 17.2 Å². The lowest BCUT2D eigenvalue weighted by Gasteiger charge is -2.18. The Morgan fingerprint density at radius 1 is 1.14 bits per heavy atom. The van der Waals surface area contributed by atoms with Gasteiger partial charge in [0.2, 0.25) is 0 Å². The van der Waals surface area contributed by atoms with Gasteiger partial charge in [0.25, 0.3) is 0 Å². The van der Waals surface area contributed by atoms with E-state index < -0.39 is 9.84 Å². The van der Waals surface area contributed by atoms with E-state index in [9.17, 15) is 8.42 Å². The molecular formula is C16H19NO3S. The standard InChI is InChI=1S/C16H19NO3S/c1-12-6-8-13(9-7-12)16(11-17)20-14-4-3-5-15(10-14)21(2,18)19/h3-10,16H,11,17H2,1-2H3. The largest absolute Gasteiger partial charge is 0.484 e. The van der Waals surface area contributed by atoms with Crippen molar-refractivity contribution in [1.82, 2.24) is 0 Å². The van der Waals surface area contributed by atoms with Crippen LogP contribution in [-0.2, 0) is 9.84 Å². The number of benzene rings is 2. The van der Waals surface area contributed by atoms with E-state index in [-0.39, 0.29) is 11.0 Å². The molecule has 2 rings (SSSR count). The molecular weight excluding hydrogens is 286 g/mol. The zero-order chi connectivity index (χ0) is 15.5. The Balaban J connectivity index is 2.25. The van der Waals surface area contributed by atoms with Crippen LogP contribution in [0.3, 0.4) is 0 Å². The lowest BCUT2D eigenvalue weighted by Crippen LogP contribution is -2.18. The molecule has 1 atom stereocenters. The minimum absolute atomic E-state index is 0.236. The zero-order valence-electron chi connectivity index (χ0n) is 12.1. The monoisotopic (exact) mass is 305 g/mol. The third kappa shape index (κ3) is 4.06. The fraction of sp³-hybridized carbons (Fsp3) is 0.250. The highest BCUT2D eigenvalue weighted by molar-refractivity contribution is 7.90.